The molecule has 136 valence electrons. The minimum Gasteiger partial charge on any atom is -0.482 e. The zero-order valence-corrected chi connectivity index (χ0v) is 14.4. The van der Waals surface area contributed by atoms with Crippen LogP contribution in [0.3, 0.4) is 0 Å². The summed E-state index contributed by atoms with van der Waals surface area (Å²) in [5, 5.41) is 2.80. The van der Waals surface area contributed by atoms with Gasteiger partial charge in [0.1, 0.15) is 11.5 Å². The summed E-state index contributed by atoms with van der Waals surface area (Å²) in [6, 6.07) is 14.3. The number of hydrogen-bond acceptors (Lipinski definition) is 5. The van der Waals surface area contributed by atoms with Crippen LogP contribution in [0.1, 0.15) is 21.9 Å². The predicted molar refractivity (Wildman–Crippen MR) is 97.2 cm³/mol. The molecule has 1 N–H and O–H groups in total. The Kier molecular flexibility index (Phi) is 4.57. The van der Waals surface area contributed by atoms with Crippen molar-refractivity contribution in [3.8, 4) is 5.75 Å². The maximum absolute atomic E-state index is 12.3. The summed E-state index contributed by atoms with van der Waals surface area (Å²) in [5.74, 6) is 0.904. The number of furan rings is 1. The number of benzene rings is 1. The minimum atomic E-state index is -0.313. The average molecular weight is 363 g/mol. The quantitative estimate of drug-likeness (QED) is 0.753. The first-order chi connectivity index (χ1) is 13.2. The Morgan fingerprint density at radius 2 is 1.93 bits per heavy atom. The van der Waals surface area contributed by atoms with Gasteiger partial charge >= 0.3 is 0 Å². The van der Waals surface area contributed by atoms with Crippen LogP contribution in [0.5, 0.6) is 5.75 Å². The second kappa shape index (κ2) is 7.33. The predicted octanol–water partition coefficient (Wildman–Crippen LogP) is 2.53. The molecule has 27 heavy (non-hydrogen) atoms. The van der Waals surface area contributed by atoms with Crippen molar-refractivity contribution in [2.24, 2.45) is 0 Å². The lowest BCUT2D eigenvalue weighted by Crippen LogP contribution is -2.38. The monoisotopic (exact) mass is 363 g/mol. The standard InChI is InChI=1S/C20H17N3O4/c24-19-13-26-17-4-2-1-3-16(17)23(19)12-15-5-6-18(27-15)20(25)22-11-14-7-9-21-10-8-14/h1-10H,11-13H2,(H,22,25). The molecule has 7 heteroatoms. The Hall–Kier alpha value is -3.61. The fourth-order valence-corrected chi connectivity index (χ4v) is 2.84. The number of amides is 2. The van der Waals surface area contributed by atoms with Crippen molar-refractivity contribution >= 4 is 17.5 Å². The average Bonchev–Trinajstić information content (AvgIpc) is 3.18. The highest BCUT2D eigenvalue weighted by atomic mass is 16.5. The van der Waals surface area contributed by atoms with Gasteiger partial charge in [-0.25, -0.2) is 0 Å². The second-order valence-corrected chi connectivity index (χ2v) is 6.04. The summed E-state index contributed by atoms with van der Waals surface area (Å²) in [6.07, 6.45) is 3.34. The van der Waals surface area contributed by atoms with Gasteiger partial charge in [0.25, 0.3) is 11.8 Å². The van der Waals surface area contributed by atoms with Crippen LogP contribution in [-0.4, -0.2) is 23.4 Å². The summed E-state index contributed by atoms with van der Waals surface area (Å²) in [7, 11) is 0. The van der Waals surface area contributed by atoms with Gasteiger partial charge in [-0.15, -0.1) is 0 Å². The summed E-state index contributed by atoms with van der Waals surface area (Å²) in [4.78, 5) is 30.0. The zero-order valence-electron chi connectivity index (χ0n) is 14.4. The molecule has 0 bridgehead atoms. The van der Waals surface area contributed by atoms with Crippen molar-refractivity contribution in [2.45, 2.75) is 13.1 Å². The Balaban J connectivity index is 1.44. The maximum atomic E-state index is 12.3. The fraction of sp³-hybridized carbons (Fsp3) is 0.150. The molecule has 0 atom stereocenters. The van der Waals surface area contributed by atoms with Crippen LogP contribution < -0.4 is 15.0 Å². The summed E-state index contributed by atoms with van der Waals surface area (Å²) >= 11 is 0. The Bertz CT molecular complexity index is 968. The molecule has 1 aromatic carbocycles. The number of ether oxygens (including phenoxy) is 1. The number of hydrogen-bond donors (Lipinski definition) is 1. The van der Waals surface area contributed by atoms with Gasteiger partial charge in [0, 0.05) is 18.9 Å². The van der Waals surface area contributed by atoms with E-state index in [-0.39, 0.29) is 30.7 Å². The molecule has 1 aliphatic heterocycles. The van der Waals surface area contributed by atoms with Gasteiger partial charge in [-0.05, 0) is 42.0 Å². The van der Waals surface area contributed by atoms with E-state index in [0.29, 0.717) is 23.7 Å². The van der Waals surface area contributed by atoms with E-state index in [1.54, 1.807) is 29.4 Å². The molecular weight excluding hydrogens is 346 g/mol. The second-order valence-electron chi connectivity index (χ2n) is 6.04. The molecule has 0 unspecified atom stereocenters. The van der Waals surface area contributed by atoms with Gasteiger partial charge < -0.3 is 14.5 Å². The summed E-state index contributed by atoms with van der Waals surface area (Å²) < 4.78 is 11.1. The van der Waals surface area contributed by atoms with Crippen LogP contribution in [0.15, 0.2) is 65.3 Å². The highest BCUT2D eigenvalue weighted by molar-refractivity contribution is 5.97. The number of carbonyl (C=O) groups excluding carboxylic acids is 2. The van der Waals surface area contributed by atoms with Gasteiger partial charge in [-0.2, -0.15) is 0 Å². The lowest BCUT2D eigenvalue weighted by atomic mass is 10.2. The molecular formula is C20H17N3O4. The smallest absolute Gasteiger partial charge is 0.287 e. The molecule has 2 amide bonds. The van der Waals surface area contributed by atoms with E-state index in [4.69, 9.17) is 9.15 Å². The van der Waals surface area contributed by atoms with Crippen molar-refractivity contribution < 1.29 is 18.7 Å². The van der Waals surface area contributed by atoms with Crippen molar-refractivity contribution in [3.05, 3.63) is 78.0 Å². The molecule has 4 rings (SSSR count). The van der Waals surface area contributed by atoms with Gasteiger partial charge in [0.2, 0.25) is 0 Å². The van der Waals surface area contributed by atoms with E-state index >= 15 is 0 Å². The van der Waals surface area contributed by atoms with E-state index in [2.05, 4.69) is 10.3 Å². The molecule has 1 aliphatic rings. The number of nitrogens with zero attached hydrogens (tertiary/aromatic N) is 2. The Morgan fingerprint density at radius 1 is 1.11 bits per heavy atom. The number of fused-ring (bicyclic) bond motifs is 1. The molecule has 0 saturated carbocycles. The van der Waals surface area contributed by atoms with Crippen molar-refractivity contribution in [3.63, 3.8) is 0 Å². The largest absolute Gasteiger partial charge is 0.482 e. The zero-order chi connectivity index (χ0) is 18.6. The van der Waals surface area contributed by atoms with Crippen LogP contribution >= 0.6 is 0 Å². The first kappa shape index (κ1) is 16.8. The number of para-hydroxylation sites is 2. The Labute approximate surface area is 155 Å². The van der Waals surface area contributed by atoms with Crippen molar-refractivity contribution in [2.75, 3.05) is 11.5 Å². The van der Waals surface area contributed by atoms with Gasteiger partial charge in [-0.3, -0.25) is 19.5 Å². The van der Waals surface area contributed by atoms with Crippen LogP contribution in [0.4, 0.5) is 5.69 Å². The lowest BCUT2D eigenvalue weighted by Gasteiger charge is -2.28. The third-order valence-electron chi connectivity index (χ3n) is 4.21. The first-order valence-corrected chi connectivity index (χ1v) is 8.49. The number of carbonyl (C=O) groups is 2. The maximum Gasteiger partial charge on any atom is 0.287 e. The highest BCUT2D eigenvalue weighted by Crippen LogP contribution is 2.32. The molecule has 0 fully saturated rings. The third-order valence-corrected chi connectivity index (χ3v) is 4.21. The van der Waals surface area contributed by atoms with Crippen LogP contribution in [0, 0.1) is 0 Å². The van der Waals surface area contributed by atoms with E-state index in [9.17, 15) is 9.59 Å². The topological polar surface area (TPSA) is 84.7 Å². The molecule has 3 heterocycles. The number of anilines is 1. The molecule has 0 spiro atoms. The highest BCUT2D eigenvalue weighted by Gasteiger charge is 2.26. The van der Waals surface area contributed by atoms with E-state index in [1.807, 2.05) is 36.4 Å². The number of nitrogens with one attached hydrogen (secondary N) is 1. The fourth-order valence-electron chi connectivity index (χ4n) is 2.84. The molecule has 3 aromatic rings. The van der Waals surface area contributed by atoms with Gasteiger partial charge in [-0.1, -0.05) is 12.1 Å². The van der Waals surface area contributed by atoms with E-state index < -0.39 is 0 Å². The number of pyridine rings is 1. The normalized spacial score (nSPS) is 13.0. The first-order valence-electron chi connectivity index (χ1n) is 8.49. The van der Waals surface area contributed by atoms with Crippen LogP contribution in [-0.2, 0) is 17.9 Å². The Morgan fingerprint density at radius 3 is 2.78 bits per heavy atom. The minimum absolute atomic E-state index is 0.0169. The van der Waals surface area contributed by atoms with Gasteiger partial charge in [0.05, 0.1) is 12.2 Å². The van der Waals surface area contributed by atoms with E-state index in [0.717, 1.165) is 5.56 Å². The van der Waals surface area contributed by atoms with E-state index in [1.165, 1.54) is 0 Å². The SMILES string of the molecule is O=C(NCc1ccncc1)c1ccc(CN2C(=O)COc3ccccc32)o1. The summed E-state index contributed by atoms with van der Waals surface area (Å²) in [5.41, 5.74) is 1.63. The van der Waals surface area contributed by atoms with Crippen molar-refractivity contribution in [1.29, 1.82) is 0 Å². The molecule has 2 aromatic heterocycles. The van der Waals surface area contributed by atoms with Gasteiger partial charge in [0.15, 0.2) is 12.4 Å². The van der Waals surface area contributed by atoms with Crippen LogP contribution in [0.25, 0.3) is 0 Å². The van der Waals surface area contributed by atoms with Crippen molar-refractivity contribution in [1.82, 2.24) is 10.3 Å². The molecule has 7 nitrogen and oxygen atoms in total. The van der Waals surface area contributed by atoms with Crippen LogP contribution in [0.2, 0.25) is 0 Å². The lowest BCUT2D eigenvalue weighted by molar-refractivity contribution is -0.121. The third kappa shape index (κ3) is 3.67. The molecule has 0 saturated heterocycles. The molecule has 0 radical (unpaired) electrons. The summed E-state index contributed by atoms with van der Waals surface area (Å²) in [6.45, 7) is 0.598. The molecule has 0 aliphatic carbocycles. The number of rotatable bonds is 5. The number of aromatic nitrogens is 1.